The number of carbonyl (C=O) groups is 2. The predicted molar refractivity (Wildman–Crippen MR) is 113 cm³/mol. The Bertz CT molecular complexity index is 867. The Morgan fingerprint density at radius 1 is 1.14 bits per heavy atom. The third-order valence-corrected chi connectivity index (χ3v) is 6.76. The van der Waals surface area contributed by atoms with Gasteiger partial charge in [-0.3, -0.25) is 9.59 Å². The SMILES string of the molecule is COc1ccc(C2(CNC(=O)c3ccc(NC(=O)C4CC4)s3)CCOCC2)cc1. The molecular weight excluding hydrogens is 388 g/mol. The number of ether oxygens (including phenoxy) is 2. The molecule has 0 radical (unpaired) electrons. The van der Waals surface area contributed by atoms with Crippen molar-refractivity contribution in [2.45, 2.75) is 31.1 Å². The van der Waals surface area contributed by atoms with Crippen LogP contribution in [0.25, 0.3) is 0 Å². The minimum atomic E-state index is -0.152. The highest BCUT2D eigenvalue weighted by atomic mass is 32.1. The average molecular weight is 415 g/mol. The van der Waals surface area contributed by atoms with Crippen LogP contribution in [0.1, 0.15) is 40.9 Å². The smallest absolute Gasteiger partial charge is 0.261 e. The lowest BCUT2D eigenvalue weighted by Gasteiger charge is -2.38. The zero-order valence-electron chi connectivity index (χ0n) is 16.5. The largest absolute Gasteiger partial charge is 0.497 e. The number of nitrogens with one attached hydrogen (secondary N) is 2. The van der Waals surface area contributed by atoms with Gasteiger partial charge in [-0.05, 0) is 55.5 Å². The van der Waals surface area contributed by atoms with Crippen molar-refractivity contribution in [3.8, 4) is 5.75 Å². The predicted octanol–water partition coefficient (Wildman–Crippen LogP) is 3.58. The van der Waals surface area contributed by atoms with Gasteiger partial charge in [0.25, 0.3) is 5.91 Å². The Hall–Kier alpha value is -2.38. The molecule has 2 fully saturated rings. The average Bonchev–Trinajstić information content (AvgIpc) is 3.52. The summed E-state index contributed by atoms with van der Waals surface area (Å²) in [4.78, 5) is 25.3. The van der Waals surface area contributed by atoms with E-state index in [1.54, 1.807) is 19.2 Å². The quantitative estimate of drug-likeness (QED) is 0.726. The summed E-state index contributed by atoms with van der Waals surface area (Å²) in [6.07, 6.45) is 3.63. The van der Waals surface area contributed by atoms with Gasteiger partial charge in [0.1, 0.15) is 5.75 Å². The van der Waals surface area contributed by atoms with E-state index in [2.05, 4.69) is 22.8 Å². The monoisotopic (exact) mass is 414 g/mol. The number of amides is 2. The maximum atomic E-state index is 12.7. The van der Waals surface area contributed by atoms with Crippen molar-refractivity contribution in [2.75, 3.05) is 32.2 Å². The highest BCUT2D eigenvalue weighted by Crippen LogP contribution is 2.35. The Labute approximate surface area is 174 Å². The molecule has 1 aliphatic carbocycles. The highest BCUT2D eigenvalue weighted by Gasteiger charge is 2.35. The van der Waals surface area contributed by atoms with Crippen molar-refractivity contribution in [1.82, 2.24) is 5.32 Å². The molecule has 154 valence electrons. The summed E-state index contributed by atoms with van der Waals surface area (Å²) in [6.45, 7) is 1.90. The molecule has 1 aliphatic heterocycles. The van der Waals surface area contributed by atoms with E-state index in [9.17, 15) is 9.59 Å². The molecule has 2 amide bonds. The van der Waals surface area contributed by atoms with Gasteiger partial charge in [-0.25, -0.2) is 0 Å². The number of carbonyl (C=O) groups excluding carboxylic acids is 2. The summed E-state index contributed by atoms with van der Waals surface area (Å²) in [6, 6.07) is 11.6. The molecule has 0 spiro atoms. The van der Waals surface area contributed by atoms with E-state index in [1.165, 1.54) is 16.9 Å². The van der Waals surface area contributed by atoms with Crippen LogP contribution in [0.3, 0.4) is 0 Å². The first-order chi connectivity index (χ1) is 14.1. The second kappa shape index (κ2) is 8.55. The Morgan fingerprint density at radius 3 is 2.52 bits per heavy atom. The van der Waals surface area contributed by atoms with Crippen LogP contribution in [0, 0.1) is 5.92 Å². The van der Waals surface area contributed by atoms with Crippen molar-refractivity contribution in [1.29, 1.82) is 0 Å². The summed E-state index contributed by atoms with van der Waals surface area (Å²) in [7, 11) is 1.65. The Balaban J connectivity index is 1.42. The van der Waals surface area contributed by atoms with Crippen molar-refractivity contribution in [3.05, 3.63) is 46.8 Å². The topological polar surface area (TPSA) is 76.7 Å². The van der Waals surface area contributed by atoms with Crippen LogP contribution >= 0.6 is 11.3 Å². The maximum absolute atomic E-state index is 12.7. The van der Waals surface area contributed by atoms with E-state index in [-0.39, 0.29) is 23.1 Å². The number of rotatable bonds is 7. The number of benzene rings is 1. The van der Waals surface area contributed by atoms with E-state index < -0.39 is 0 Å². The summed E-state index contributed by atoms with van der Waals surface area (Å²) >= 11 is 1.32. The maximum Gasteiger partial charge on any atom is 0.261 e. The Morgan fingerprint density at radius 2 is 1.86 bits per heavy atom. The molecule has 2 aromatic rings. The second-order valence-corrected chi connectivity index (χ2v) is 8.82. The summed E-state index contributed by atoms with van der Waals surface area (Å²) < 4.78 is 10.8. The minimum Gasteiger partial charge on any atom is -0.497 e. The molecule has 29 heavy (non-hydrogen) atoms. The third-order valence-electron chi connectivity index (χ3n) is 5.76. The molecule has 1 aromatic heterocycles. The highest BCUT2D eigenvalue weighted by molar-refractivity contribution is 7.18. The first-order valence-corrected chi connectivity index (χ1v) is 10.8. The van der Waals surface area contributed by atoms with Gasteiger partial charge in [-0.1, -0.05) is 12.1 Å². The van der Waals surface area contributed by atoms with Gasteiger partial charge in [0, 0.05) is 31.1 Å². The first kappa shape index (κ1) is 19.9. The molecule has 0 unspecified atom stereocenters. The molecule has 7 heteroatoms. The van der Waals surface area contributed by atoms with Gasteiger partial charge < -0.3 is 20.1 Å². The molecule has 1 aromatic carbocycles. The van der Waals surface area contributed by atoms with Crippen LogP contribution in [0.15, 0.2) is 36.4 Å². The fourth-order valence-corrected chi connectivity index (χ4v) is 4.53. The Kier molecular flexibility index (Phi) is 5.87. The van der Waals surface area contributed by atoms with E-state index in [4.69, 9.17) is 9.47 Å². The molecule has 2 aliphatic rings. The minimum absolute atomic E-state index is 0.0551. The second-order valence-electron chi connectivity index (χ2n) is 7.73. The number of anilines is 1. The van der Waals surface area contributed by atoms with E-state index in [0.29, 0.717) is 24.6 Å². The van der Waals surface area contributed by atoms with Crippen LogP contribution in [-0.2, 0) is 14.9 Å². The lowest BCUT2D eigenvalue weighted by Crippen LogP contribution is -2.44. The fraction of sp³-hybridized carbons (Fsp3) is 0.455. The van der Waals surface area contributed by atoms with Gasteiger partial charge in [0.05, 0.1) is 17.0 Å². The normalized spacial score (nSPS) is 18.1. The van der Waals surface area contributed by atoms with Crippen molar-refractivity contribution in [2.24, 2.45) is 5.92 Å². The summed E-state index contributed by atoms with van der Waals surface area (Å²) in [5, 5.41) is 6.74. The molecule has 4 rings (SSSR count). The zero-order valence-corrected chi connectivity index (χ0v) is 17.3. The molecule has 1 saturated carbocycles. The fourth-order valence-electron chi connectivity index (χ4n) is 3.71. The van der Waals surface area contributed by atoms with Crippen LogP contribution < -0.4 is 15.4 Å². The van der Waals surface area contributed by atoms with Crippen molar-refractivity contribution < 1.29 is 19.1 Å². The van der Waals surface area contributed by atoms with Gasteiger partial charge in [0.15, 0.2) is 0 Å². The van der Waals surface area contributed by atoms with Crippen LogP contribution in [0.5, 0.6) is 5.75 Å². The number of hydrogen-bond donors (Lipinski definition) is 2. The molecule has 2 heterocycles. The molecule has 0 atom stereocenters. The third kappa shape index (κ3) is 4.62. The van der Waals surface area contributed by atoms with Crippen LogP contribution in [0.4, 0.5) is 5.00 Å². The zero-order chi connectivity index (χ0) is 20.3. The van der Waals surface area contributed by atoms with Gasteiger partial charge in [-0.2, -0.15) is 0 Å². The van der Waals surface area contributed by atoms with Gasteiger partial charge in [-0.15, -0.1) is 11.3 Å². The van der Waals surface area contributed by atoms with E-state index >= 15 is 0 Å². The van der Waals surface area contributed by atoms with Crippen LogP contribution in [0.2, 0.25) is 0 Å². The lowest BCUT2D eigenvalue weighted by molar-refractivity contribution is -0.117. The molecule has 6 nitrogen and oxygen atoms in total. The molecule has 2 N–H and O–H groups in total. The molecule has 0 bridgehead atoms. The number of hydrogen-bond acceptors (Lipinski definition) is 5. The summed E-state index contributed by atoms with van der Waals surface area (Å²) in [5.74, 6) is 0.910. The summed E-state index contributed by atoms with van der Waals surface area (Å²) in [5.41, 5.74) is 1.03. The molecular formula is C22H26N2O4S. The van der Waals surface area contributed by atoms with Crippen LogP contribution in [-0.4, -0.2) is 38.7 Å². The number of methoxy groups -OCH3 is 1. The van der Waals surface area contributed by atoms with E-state index in [1.807, 2.05) is 12.1 Å². The van der Waals surface area contributed by atoms with Crippen molar-refractivity contribution >= 4 is 28.2 Å². The van der Waals surface area contributed by atoms with Gasteiger partial charge in [0.2, 0.25) is 5.91 Å². The first-order valence-electron chi connectivity index (χ1n) is 10.0. The molecule has 1 saturated heterocycles. The van der Waals surface area contributed by atoms with E-state index in [0.717, 1.165) is 36.4 Å². The number of thiophene rings is 1. The lowest BCUT2D eigenvalue weighted by atomic mass is 9.74. The van der Waals surface area contributed by atoms with Gasteiger partial charge >= 0.3 is 0 Å². The standard InChI is InChI=1S/C22H26N2O4S/c1-27-17-6-4-16(5-7-17)22(10-12-28-13-11-22)14-23-21(26)18-8-9-19(29-18)24-20(25)15-2-3-15/h4-9,15H,2-3,10-14H2,1H3,(H,23,26)(H,24,25). The van der Waals surface area contributed by atoms with Crippen molar-refractivity contribution in [3.63, 3.8) is 0 Å².